The third-order valence-electron chi connectivity index (χ3n) is 2.84. The number of nitrogens with zero attached hydrogens (tertiary/aromatic N) is 1. The van der Waals surface area contributed by atoms with Crippen molar-refractivity contribution in [3.8, 4) is 0 Å². The lowest BCUT2D eigenvalue weighted by molar-refractivity contribution is -0.137. The first-order valence-corrected chi connectivity index (χ1v) is 6.12. The van der Waals surface area contributed by atoms with E-state index < -0.39 is 23.7 Å². The fraction of sp³-hybridized carbons (Fsp3) is 0.385. The second-order valence-electron chi connectivity index (χ2n) is 4.80. The Balaban J connectivity index is 2.99. The van der Waals surface area contributed by atoms with Gasteiger partial charge in [0.1, 0.15) is 0 Å². The van der Waals surface area contributed by atoms with Gasteiger partial charge in [-0.2, -0.15) is 13.2 Å². The fourth-order valence-corrected chi connectivity index (χ4v) is 1.71. The van der Waals surface area contributed by atoms with Crippen LogP contribution in [0.4, 0.5) is 13.2 Å². The minimum absolute atomic E-state index is 0.152. The molecule has 0 saturated carbocycles. The first-order valence-electron chi connectivity index (χ1n) is 6.12. The minimum Gasteiger partial charge on any atom is -0.409 e. The highest BCUT2D eigenvalue weighted by Crippen LogP contribution is 2.29. The van der Waals surface area contributed by atoms with Crippen LogP contribution >= 0.6 is 0 Å². The number of hydrogen-bond donors (Lipinski definition) is 3. The zero-order chi connectivity index (χ0) is 16.2. The standard InChI is InChI=1S/C13H16F3N3O2/c1-7(2)10(11(17)19-21)18-12(20)8-4-3-5-9(6-8)13(14,15)16/h3-7,10,21H,1-2H3,(H2,17,19)(H,18,20). The Labute approximate surface area is 119 Å². The topological polar surface area (TPSA) is 87.7 Å². The number of benzene rings is 1. The lowest BCUT2D eigenvalue weighted by atomic mass is 10.0. The molecule has 0 aliphatic carbocycles. The first kappa shape index (κ1) is 16.8. The van der Waals surface area contributed by atoms with Gasteiger partial charge in [0, 0.05) is 5.56 Å². The van der Waals surface area contributed by atoms with E-state index in [4.69, 9.17) is 10.9 Å². The number of rotatable bonds is 4. The molecule has 4 N–H and O–H groups in total. The van der Waals surface area contributed by atoms with Gasteiger partial charge in [0.15, 0.2) is 5.84 Å². The van der Waals surface area contributed by atoms with Crippen LogP contribution in [-0.2, 0) is 6.18 Å². The number of halogens is 3. The van der Waals surface area contributed by atoms with Gasteiger partial charge < -0.3 is 16.3 Å². The molecule has 0 aliphatic heterocycles. The number of hydrogen-bond acceptors (Lipinski definition) is 3. The number of alkyl halides is 3. The maximum atomic E-state index is 12.6. The summed E-state index contributed by atoms with van der Waals surface area (Å²) < 4.78 is 37.8. The molecule has 0 spiro atoms. The smallest absolute Gasteiger partial charge is 0.409 e. The lowest BCUT2D eigenvalue weighted by Crippen LogP contribution is -2.47. The molecular weight excluding hydrogens is 287 g/mol. The van der Waals surface area contributed by atoms with Crippen molar-refractivity contribution in [2.75, 3.05) is 0 Å². The zero-order valence-electron chi connectivity index (χ0n) is 11.5. The number of carbonyl (C=O) groups is 1. The van der Waals surface area contributed by atoms with Gasteiger partial charge >= 0.3 is 6.18 Å². The minimum atomic E-state index is -4.53. The molecule has 0 heterocycles. The number of oxime groups is 1. The Kier molecular flexibility index (Phi) is 5.17. The Morgan fingerprint density at radius 3 is 2.48 bits per heavy atom. The molecule has 1 rings (SSSR count). The molecule has 8 heteroatoms. The van der Waals surface area contributed by atoms with E-state index in [1.54, 1.807) is 13.8 Å². The van der Waals surface area contributed by atoms with Crippen molar-refractivity contribution in [2.24, 2.45) is 16.8 Å². The van der Waals surface area contributed by atoms with Crippen LogP contribution in [0.15, 0.2) is 29.4 Å². The maximum absolute atomic E-state index is 12.6. The molecule has 0 bridgehead atoms. The summed E-state index contributed by atoms with van der Waals surface area (Å²) in [6, 6.07) is 3.25. The van der Waals surface area contributed by atoms with Crippen molar-refractivity contribution < 1.29 is 23.2 Å². The van der Waals surface area contributed by atoms with E-state index in [1.165, 1.54) is 6.07 Å². The van der Waals surface area contributed by atoms with Crippen molar-refractivity contribution in [3.63, 3.8) is 0 Å². The van der Waals surface area contributed by atoms with Crippen molar-refractivity contribution in [2.45, 2.75) is 26.1 Å². The molecule has 21 heavy (non-hydrogen) atoms. The second-order valence-corrected chi connectivity index (χ2v) is 4.80. The predicted octanol–water partition coefficient (Wildman–Crippen LogP) is 2.21. The van der Waals surface area contributed by atoms with Gasteiger partial charge in [-0.1, -0.05) is 25.1 Å². The predicted molar refractivity (Wildman–Crippen MR) is 70.9 cm³/mol. The Morgan fingerprint density at radius 1 is 1.38 bits per heavy atom. The number of nitrogens with two attached hydrogens (primary N) is 1. The van der Waals surface area contributed by atoms with E-state index in [0.29, 0.717) is 0 Å². The molecule has 116 valence electrons. The van der Waals surface area contributed by atoms with Crippen LogP contribution in [0.25, 0.3) is 0 Å². The highest BCUT2D eigenvalue weighted by Gasteiger charge is 2.31. The van der Waals surface area contributed by atoms with Crippen LogP contribution in [-0.4, -0.2) is 23.0 Å². The first-order chi connectivity index (χ1) is 9.66. The summed E-state index contributed by atoms with van der Waals surface area (Å²) in [5.41, 5.74) is 4.38. The van der Waals surface area contributed by atoms with Crippen LogP contribution in [0.1, 0.15) is 29.8 Å². The molecule has 1 amide bonds. The molecule has 0 fully saturated rings. The van der Waals surface area contributed by atoms with Crippen LogP contribution in [0.5, 0.6) is 0 Å². The number of carbonyl (C=O) groups excluding carboxylic acids is 1. The van der Waals surface area contributed by atoms with Gasteiger partial charge in [-0.25, -0.2) is 0 Å². The summed E-state index contributed by atoms with van der Waals surface area (Å²) in [6.07, 6.45) is -4.53. The van der Waals surface area contributed by atoms with Crippen LogP contribution in [0, 0.1) is 5.92 Å². The summed E-state index contributed by atoms with van der Waals surface area (Å²) in [5.74, 6) is -1.15. The summed E-state index contributed by atoms with van der Waals surface area (Å²) in [6.45, 7) is 3.43. The second kappa shape index (κ2) is 6.47. The van der Waals surface area contributed by atoms with E-state index in [1.807, 2.05) is 0 Å². The summed E-state index contributed by atoms with van der Waals surface area (Å²) >= 11 is 0. The van der Waals surface area contributed by atoms with E-state index in [-0.39, 0.29) is 17.3 Å². The van der Waals surface area contributed by atoms with Gasteiger partial charge in [0.2, 0.25) is 0 Å². The van der Waals surface area contributed by atoms with Crippen LogP contribution in [0.2, 0.25) is 0 Å². The maximum Gasteiger partial charge on any atom is 0.416 e. The largest absolute Gasteiger partial charge is 0.416 e. The average Bonchev–Trinajstić information content (AvgIpc) is 2.42. The summed E-state index contributed by atoms with van der Waals surface area (Å²) in [7, 11) is 0. The molecule has 5 nitrogen and oxygen atoms in total. The van der Waals surface area contributed by atoms with E-state index in [9.17, 15) is 18.0 Å². The fourth-order valence-electron chi connectivity index (χ4n) is 1.71. The van der Waals surface area contributed by atoms with E-state index in [2.05, 4.69) is 10.5 Å². The van der Waals surface area contributed by atoms with E-state index in [0.717, 1.165) is 18.2 Å². The molecular formula is C13H16F3N3O2. The Morgan fingerprint density at radius 2 is 2.00 bits per heavy atom. The van der Waals surface area contributed by atoms with Crippen LogP contribution < -0.4 is 11.1 Å². The molecule has 1 unspecified atom stereocenters. The average molecular weight is 303 g/mol. The zero-order valence-corrected chi connectivity index (χ0v) is 11.5. The van der Waals surface area contributed by atoms with Crippen molar-refractivity contribution in [1.29, 1.82) is 0 Å². The molecule has 1 aromatic carbocycles. The highest BCUT2D eigenvalue weighted by molar-refractivity contribution is 5.98. The van der Waals surface area contributed by atoms with Gasteiger partial charge in [-0.15, -0.1) is 0 Å². The Bertz CT molecular complexity index is 542. The quantitative estimate of drug-likeness (QED) is 0.345. The lowest BCUT2D eigenvalue weighted by Gasteiger charge is -2.21. The highest BCUT2D eigenvalue weighted by atomic mass is 19.4. The molecule has 0 saturated heterocycles. The van der Waals surface area contributed by atoms with Gasteiger partial charge in [-0.05, 0) is 24.1 Å². The molecule has 1 aromatic rings. The van der Waals surface area contributed by atoms with Crippen LogP contribution in [0.3, 0.4) is 0 Å². The summed E-state index contributed by atoms with van der Waals surface area (Å²) in [4.78, 5) is 12.0. The number of nitrogens with one attached hydrogen (secondary N) is 1. The van der Waals surface area contributed by atoms with Gasteiger partial charge in [0.25, 0.3) is 5.91 Å². The van der Waals surface area contributed by atoms with Gasteiger partial charge in [-0.3, -0.25) is 4.79 Å². The molecule has 0 aliphatic rings. The molecule has 0 radical (unpaired) electrons. The SMILES string of the molecule is CC(C)C(NC(=O)c1cccc(C(F)(F)F)c1)C(N)=NO. The molecule has 0 aromatic heterocycles. The summed E-state index contributed by atoms with van der Waals surface area (Å²) in [5, 5.41) is 13.9. The molecule has 1 atom stereocenters. The van der Waals surface area contributed by atoms with Crippen molar-refractivity contribution in [1.82, 2.24) is 5.32 Å². The number of amides is 1. The van der Waals surface area contributed by atoms with Gasteiger partial charge in [0.05, 0.1) is 11.6 Å². The monoisotopic (exact) mass is 303 g/mol. The third-order valence-corrected chi connectivity index (χ3v) is 2.84. The Hall–Kier alpha value is -2.25. The number of amidine groups is 1. The van der Waals surface area contributed by atoms with E-state index >= 15 is 0 Å². The van der Waals surface area contributed by atoms with Crippen molar-refractivity contribution >= 4 is 11.7 Å². The normalized spacial score (nSPS) is 14.1. The van der Waals surface area contributed by atoms with Crippen molar-refractivity contribution in [3.05, 3.63) is 35.4 Å². The third kappa shape index (κ3) is 4.37.